The van der Waals surface area contributed by atoms with Gasteiger partial charge in [-0.1, -0.05) is 170 Å². The van der Waals surface area contributed by atoms with E-state index in [-0.39, 0.29) is 0 Å². The first kappa shape index (κ1) is 36.2. The Morgan fingerprint density at radius 3 is 1.12 bits per heavy atom. The molecule has 0 saturated carbocycles. The van der Waals surface area contributed by atoms with Crippen molar-refractivity contribution in [1.29, 1.82) is 0 Å². The van der Waals surface area contributed by atoms with Gasteiger partial charge >= 0.3 is 0 Å². The quantitative estimate of drug-likeness (QED) is 0.148. The lowest BCUT2D eigenvalue weighted by Gasteiger charge is -2.18. The average molecular weight is 813 g/mol. The first-order valence-corrected chi connectivity index (χ1v) is 22.1. The molecule has 0 unspecified atom stereocenters. The number of rotatable bonds is 6. The maximum atomic E-state index is 2.42. The third kappa shape index (κ3) is 5.73. The highest BCUT2D eigenvalue weighted by atomic mass is 15.0. The van der Waals surface area contributed by atoms with Crippen LogP contribution in [-0.4, -0.2) is 9.13 Å². The van der Waals surface area contributed by atoms with Crippen LogP contribution in [0.4, 0.5) is 0 Å². The predicted octanol–water partition coefficient (Wildman–Crippen LogP) is 16.9. The van der Waals surface area contributed by atoms with Crippen molar-refractivity contribution in [2.24, 2.45) is 0 Å². The maximum absolute atomic E-state index is 2.42. The molecular formula is C62H40N2. The van der Waals surface area contributed by atoms with Gasteiger partial charge < -0.3 is 9.13 Å². The number of hydrogen-bond donors (Lipinski definition) is 0. The molecule has 298 valence electrons. The van der Waals surface area contributed by atoms with Gasteiger partial charge in [-0.3, -0.25) is 0 Å². The van der Waals surface area contributed by atoms with Crippen molar-refractivity contribution in [2.75, 3.05) is 0 Å². The van der Waals surface area contributed by atoms with E-state index >= 15 is 0 Å². The third-order valence-corrected chi connectivity index (χ3v) is 13.3. The third-order valence-electron chi connectivity index (χ3n) is 13.3. The molecule has 0 aliphatic carbocycles. The fraction of sp³-hybridized carbons (Fsp3) is 0. The minimum absolute atomic E-state index is 1.15. The van der Waals surface area contributed by atoms with Gasteiger partial charge in [0.15, 0.2) is 0 Å². The summed E-state index contributed by atoms with van der Waals surface area (Å²) in [6, 6.07) is 89.1. The van der Waals surface area contributed by atoms with Crippen molar-refractivity contribution in [2.45, 2.75) is 0 Å². The molecule has 0 radical (unpaired) electrons. The molecule has 2 aromatic heterocycles. The lowest BCUT2D eigenvalue weighted by Crippen LogP contribution is -1.94. The number of hydrogen-bond acceptors (Lipinski definition) is 0. The van der Waals surface area contributed by atoms with Crippen LogP contribution in [0.3, 0.4) is 0 Å². The monoisotopic (exact) mass is 812 g/mol. The fourth-order valence-electron chi connectivity index (χ4n) is 10.3. The highest BCUT2D eigenvalue weighted by Crippen LogP contribution is 2.44. The Balaban J connectivity index is 0.984. The molecule has 0 N–H and O–H groups in total. The first-order chi connectivity index (χ1) is 31.7. The van der Waals surface area contributed by atoms with Crippen LogP contribution in [0.1, 0.15) is 0 Å². The highest BCUT2D eigenvalue weighted by Gasteiger charge is 2.18. The van der Waals surface area contributed by atoms with Crippen LogP contribution in [0.25, 0.3) is 121 Å². The molecule has 64 heavy (non-hydrogen) atoms. The zero-order chi connectivity index (χ0) is 42.1. The molecule has 2 heterocycles. The summed E-state index contributed by atoms with van der Waals surface area (Å²) in [4.78, 5) is 0. The summed E-state index contributed by atoms with van der Waals surface area (Å²) in [6.45, 7) is 0. The van der Waals surface area contributed by atoms with Crippen molar-refractivity contribution >= 4 is 65.2 Å². The summed E-state index contributed by atoms with van der Waals surface area (Å²) in [7, 11) is 0. The Kier molecular flexibility index (Phi) is 8.25. The van der Waals surface area contributed by atoms with Crippen LogP contribution >= 0.6 is 0 Å². The molecule has 0 saturated heterocycles. The minimum Gasteiger partial charge on any atom is -0.309 e. The summed E-state index contributed by atoms with van der Waals surface area (Å²) in [5, 5.41) is 10.0. The van der Waals surface area contributed by atoms with Crippen LogP contribution in [0.5, 0.6) is 0 Å². The summed E-state index contributed by atoms with van der Waals surface area (Å²) < 4.78 is 4.77. The van der Waals surface area contributed by atoms with E-state index in [0.29, 0.717) is 0 Å². The molecule has 13 rings (SSSR count). The number of aromatic nitrogens is 2. The lowest BCUT2D eigenvalue weighted by molar-refractivity contribution is 1.18. The normalized spacial score (nSPS) is 11.8. The molecule has 2 nitrogen and oxygen atoms in total. The highest BCUT2D eigenvalue weighted by molar-refractivity contribution is 6.18. The Bertz CT molecular complexity index is 3800. The van der Waals surface area contributed by atoms with Gasteiger partial charge in [-0.2, -0.15) is 0 Å². The van der Waals surface area contributed by atoms with Crippen LogP contribution in [0.2, 0.25) is 0 Å². The molecule has 13 aromatic rings. The van der Waals surface area contributed by atoms with E-state index in [4.69, 9.17) is 0 Å². The van der Waals surface area contributed by atoms with Crippen LogP contribution < -0.4 is 0 Å². The fourth-order valence-corrected chi connectivity index (χ4v) is 10.3. The van der Waals surface area contributed by atoms with Gasteiger partial charge in [0.1, 0.15) is 0 Å². The smallest absolute Gasteiger partial charge is 0.0541 e. The van der Waals surface area contributed by atoms with Crippen molar-refractivity contribution in [1.82, 2.24) is 9.13 Å². The van der Waals surface area contributed by atoms with Crippen LogP contribution in [0, 0.1) is 0 Å². The Morgan fingerprint density at radius 1 is 0.219 bits per heavy atom. The van der Waals surface area contributed by atoms with E-state index in [1.54, 1.807) is 0 Å². The molecule has 0 aliphatic heterocycles. The standard InChI is InChI=1S/C62H40N2/c1-3-15-43(16-4-1)54-39-47(42-31-35-49(36-32-42)64-60-25-13-9-21-52(60)53-22-10-14-26-61(53)64)40-57-56(54)38-46-28-27-45(37-55(46)62(57)44-17-5-2-6-18-44)41-29-33-48(34-30-41)63-58-23-11-7-19-50(58)51-20-8-12-24-59(51)63/h1-40H. The largest absolute Gasteiger partial charge is 0.309 e. The van der Waals surface area contributed by atoms with E-state index in [1.807, 2.05) is 0 Å². The zero-order valence-corrected chi connectivity index (χ0v) is 35.0. The van der Waals surface area contributed by atoms with E-state index in [2.05, 4.69) is 252 Å². The molecule has 0 aliphatic rings. The van der Waals surface area contributed by atoms with Gasteiger partial charge in [0, 0.05) is 32.9 Å². The van der Waals surface area contributed by atoms with Gasteiger partial charge in [-0.25, -0.2) is 0 Å². The van der Waals surface area contributed by atoms with Gasteiger partial charge in [-0.15, -0.1) is 0 Å². The molecule has 2 heteroatoms. The molecule has 0 amide bonds. The topological polar surface area (TPSA) is 9.86 Å². The first-order valence-electron chi connectivity index (χ1n) is 22.1. The summed E-state index contributed by atoms with van der Waals surface area (Å²) >= 11 is 0. The minimum atomic E-state index is 1.15. The Labute approximate surface area is 371 Å². The molecule has 0 atom stereocenters. The number of para-hydroxylation sites is 4. The van der Waals surface area contributed by atoms with Gasteiger partial charge in [0.2, 0.25) is 0 Å². The number of fused-ring (bicyclic) bond motifs is 8. The van der Waals surface area contributed by atoms with Crippen LogP contribution in [-0.2, 0) is 0 Å². The molecule has 11 aromatic carbocycles. The van der Waals surface area contributed by atoms with E-state index in [0.717, 1.165) is 11.4 Å². The van der Waals surface area contributed by atoms with Crippen molar-refractivity contribution in [3.8, 4) is 55.9 Å². The van der Waals surface area contributed by atoms with Crippen molar-refractivity contribution in [3.05, 3.63) is 243 Å². The van der Waals surface area contributed by atoms with Gasteiger partial charge in [-0.05, 0) is 139 Å². The Hall–Kier alpha value is -8.46. The second kappa shape index (κ2) is 14.6. The van der Waals surface area contributed by atoms with E-state index in [1.165, 1.54) is 110 Å². The number of benzene rings is 11. The maximum Gasteiger partial charge on any atom is 0.0541 e. The Morgan fingerprint density at radius 2 is 0.625 bits per heavy atom. The molecule has 0 fully saturated rings. The summed E-state index contributed by atoms with van der Waals surface area (Å²) in [5.41, 5.74) is 16.8. The van der Waals surface area contributed by atoms with Crippen LogP contribution in [0.15, 0.2) is 243 Å². The van der Waals surface area contributed by atoms with E-state index < -0.39 is 0 Å². The number of nitrogens with zero attached hydrogens (tertiary/aromatic N) is 2. The molecular weight excluding hydrogens is 773 g/mol. The molecule has 0 bridgehead atoms. The zero-order valence-electron chi connectivity index (χ0n) is 35.0. The molecule has 0 spiro atoms. The second-order valence-corrected chi connectivity index (χ2v) is 16.9. The van der Waals surface area contributed by atoms with Gasteiger partial charge in [0.25, 0.3) is 0 Å². The van der Waals surface area contributed by atoms with Crippen molar-refractivity contribution < 1.29 is 0 Å². The summed E-state index contributed by atoms with van der Waals surface area (Å²) in [6.07, 6.45) is 0. The predicted molar refractivity (Wildman–Crippen MR) is 272 cm³/mol. The lowest BCUT2D eigenvalue weighted by atomic mass is 9.85. The summed E-state index contributed by atoms with van der Waals surface area (Å²) in [5.74, 6) is 0. The van der Waals surface area contributed by atoms with E-state index in [9.17, 15) is 0 Å². The SMILES string of the molecule is c1ccc(-c2cc(-c3ccc(-n4c5ccccc5c5ccccc54)cc3)cc3c(-c4ccccc4)c4cc(-c5ccc(-n6c7ccccc7c7ccccc76)cc5)ccc4cc23)cc1. The average Bonchev–Trinajstić information content (AvgIpc) is 3.89. The van der Waals surface area contributed by atoms with Gasteiger partial charge in [0.05, 0.1) is 22.1 Å². The second-order valence-electron chi connectivity index (χ2n) is 16.9. The van der Waals surface area contributed by atoms with Crippen molar-refractivity contribution in [3.63, 3.8) is 0 Å².